The van der Waals surface area contributed by atoms with Gasteiger partial charge in [-0.15, -0.1) is 0 Å². The number of nitrogens with zero attached hydrogens (tertiary/aromatic N) is 2. The van der Waals surface area contributed by atoms with Crippen LogP contribution in [-0.2, 0) is 0 Å². The van der Waals surface area contributed by atoms with E-state index < -0.39 is 11.9 Å². The number of thiazole rings is 1. The Labute approximate surface area is 185 Å². The van der Waals surface area contributed by atoms with Crippen molar-refractivity contribution in [3.63, 3.8) is 0 Å². The number of halogens is 1. The molecular weight excluding hydrogens is 436 g/mol. The van der Waals surface area contributed by atoms with Crippen LogP contribution in [0.25, 0.3) is 11.0 Å². The molecule has 0 bridgehead atoms. The second-order valence-corrected chi connectivity index (χ2v) is 8.68. The summed E-state index contributed by atoms with van der Waals surface area (Å²) in [6.07, 6.45) is 0. The average molecular weight is 451 g/mol. The number of Topliss-reactive ketones (excluding diaryl/α,β-unsaturated/α-hetero) is 1. The summed E-state index contributed by atoms with van der Waals surface area (Å²) in [5.41, 5.74) is 1.55. The van der Waals surface area contributed by atoms with Crippen molar-refractivity contribution >= 4 is 50.7 Å². The lowest BCUT2D eigenvalue weighted by Crippen LogP contribution is -2.29. The van der Waals surface area contributed by atoms with Crippen molar-refractivity contribution in [1.82, 2.24) is 4.98 Å². The molecule has 0 aliphatic carbocycles. The number of aromatic nitrogens is 1. The van der Waals surface area contributed by atoms with Crippen molar-refractivity contribution in [2.24, 2.45) is 0 Å². The van der Waals surface area contributed by atoms with Gasteiger partial charge in [-0.1, -0.05) is 47.2 Å². The van der Waals surface area contributed by atoms with Gasteiger partial charge in [-0.2, -0.15) is 0 Å². The Morgan fingerprint density at radius 1 is 1.13 bits per heavy atom. The number of amides is 1. The van der Waals surface area contributed by atoms with Gasteiger partial charge in [0.2, 0.25) is 5.76 Å². The van der Waals surface area contributed by atoms with E-state index in [9.17, 15) is 14.4 Å². The maximum Gasteiger partial charge on any atom is 0.297 e. The third kappa shape index (κ3) is 3.00. The quantitative estimate of drug-likeness (QED) is 0.402. The monoisotopic (exact) mass is 450 g/mol. The molecular formula is C23H15ClN2O4S. The molecule has 3 heterocycles. The summed E-state index contributed by atoms with van der Waals surface area (Å²) in [5.74, 6) is -0.615. The number of carbonyl (C=O) groups is 2. The first kappa shape index (κ1) is 19.7. The third-order valence-electron chi connectivity index (χ3n) is 5.27. The van der Waals surface area contributed by atoms with Gasteiger partial charge in [0.15, 0.2) is 16.3 Å². The summed E-state index contributed by atoms with van der Waals surface area (Å²) >= 11 is 7.19. The highest BCUT2D eigenvalue weighted by atomic mass is 35.5. The summed E-state index contributed by atoms with van der Waals surface area (Å²) < 4.78 is 5.90. The molecule has 1 atom stereocenters. The normalized spacial score (nSPS) is 15.5. The Balaban J connectivity index is 1.80. The maximum atomic E-state index is 13.5. The largest absolute Gasteiger partial charge is 0.450 e. The molecule has 0 radical (unpaired) electrons. The molecule has 2 aromatic heterocycles. The number of anilines is 1. The molecule has 0 fully saturated rings. The summed E-state index contributed by atoms with van der Waals surface area (Å²) in [4.78, 5) is 45.3. The molecule has 8 heteroatoms. The first-order valence-electron chi connectivity index (χ1n) is 9.50. The van der Waals surface area contributed by atoms with Gasteiger partial charge in [-0.25, -0.2) is 4.98 Å². The number of hydrogen-bond donors (Lipinski definition) is 0. The minimum Gasteiger partial charge on any atom is -0.450 e. The van der Waals surface area contributed by atoms with Crippen LogP contribution in [0.2, 0.25) is 5.02 Å². The van der Waals surface area contributed by atoms with Gasteiger partial charge in [0.05, 0.1) is 27.6 Å². The number of fused-ring (bicyclic) bond motifs is 2. The Bertz CT molecular complexity index is 1440. The van der Waals surface area contributed by atoms with Gasteiger partial charge in [0.25, 0.3) is 5.91 Å². The molecule has 0 unspecified atom stereocenters. The van der Waals surface area contributed by atoms with Crippen LogP contribution in [0, 0.1) is 6.92 Å². The predicted molar refractivity (Wildman–Crippen MR) is 119 cm³/mol. The molecule has 154 valence electrons. The van der Waals surface area contributed by atoms with Gasteiger partial charge >= 0.3 is 0 Å². The fourth-order valence-corrected chi connectivity index (χ4v) is 5.00. The maximum absolute atomic E-state index is 13.5. The Morgan fingerprint density at radius 3 is 2.52 bits per heavy atom. The highest BCUT2D eigenvalue weighted by molar-refractivity contribution is 7.17. The topological polar surface area (TPSA) is 80.5 Å². The highest BCUT2D eigenvalue weighted by Gasteiger charge is 2.45. The number of carbonyl (C=O) groups excluding carboxylic acids is 2. The van der Waals surface area contributed by atoms with Crippen molar-refractivity contribution in [3.8, 4) is 0 Å². The number of rotatable bonds is 3. The van der Waals surface area contributed by atoms with E-state index in [4.69, 9.17) is 16.0 Å². The summed E-state index contributed by atoms with van der Waals surface area (Å²) in [6.45, 7) is 3.18. The minimum atomic E-state index is -0.744. The molecule has 6 nitrogen and oxygen atoms in total. The number of para-hydroxylation sites is 1. The number of benzene rings is 2. The van der Waals surface area contributed by atoms with E-state index in [1.165, 1.54) is 11.8 Å². The third-order valence-corrected chi connectivity index (χ3v) is 6.78. The van der Waals surface area contributed by atoms with Crippen LogP contribution < -0.4 is 10.3 Å². The molecule has 31 heavy (non-hydrogen) atoms. The Morgan fingerprint density at radius 2 is 1.84 bits per heavy atom. The summed E-state index contributed by atoms with van der Waals surface area (Å²) in [5, 5.41) is 1.27. The lowest BCUT2D eigenvalue weighted by Gasteiger charge is -2.22. The lowest BCUT2D eigenvalue weighted by molar-refractivity contribution is 0.0969. The van der Waals surface area contributed by atoms with Gasteiger partial charge in [-0.05, 0) is 36.8 Å². The van der Waals surface area contributed by atoms with Gasteiger partial charge in [0, 0.05) is 11.9 Å². The average Bonchev–Trinajstić information content (AvgIpc) is 3.27. The summed E-state index contributed by atoms with van der Waals surface area (Å²) in [6, 6.07) is 13.0. The number of hydrogen-bond acceptors (Lipinski definition) is 6. The zero-order valence-electron chi connectivity index (χ0n) is 16.5. The van der Waals surface area contributed by atoms with Crippen LogP contribution in [-0.4, -0.2) is 16.7 Å². The SMILES string of the molecule is CC(=O)c1sc(N2C(=O)c3oc4ccccc4c(=O)c3[C@H]2c2ccc(Cl)cc2)nc1C. The first-order valence-corrected chi connectivity index (χ1v) is 10.7. The van der Waals surface area contributed by atoms with Crippen LogP contribution in [0.15, 0.2) is 57.7 Å². The molecule has 0 saturated heterocycles. The van der Waals surface area contributed by atoms with Gasteiger partial charge < -0.3 is 4.42 Å². The zero-order valence-corrected chi connectivity index (χ0v) is 18.1. The highest BCUT2D eigenvalue weighted by Crippen LogP contribution is 2.43. The van der Waals surface area contributed by atoms with Crippen LogP contribution in [0.3, 0.4) is 0 Å². The predicted octanol–water partition coefficient (Wildman–Crippen LogP) is 5.16. The fraction of sp³-hybridized carbons (Fsp3) is 0.130. The molecule has 1 amide bonds. The Kier molecular flexibility index (Phi) is 4.53. The number of ketones is 1. The van der Waals surface area contributed by atoms with Gasteiger partial charge in [0.1, 0.15) is 5.58 Å². The molecule has 5 rings (SSSR count). The van der Waals surface area contributed by atoms with E-state index >= 15 is 0 Å². The van der Waals surface area contributed by atoms with E-state index in [-0.39, 0.29) is 22.5 Å². The van der Waals surface area contributed by atoms with Crippen molar-refractivity contribution in [3.05, 3.63) is 91.2 Å². The molecule has 0 N–H and O–H groups in total. The van der Waals surface area contributed by atoms with Crippen LogP contribution >= 0.6 is 22.9 Å². The molecule has 1 aliphatic rings. The van der Waals surface area contributed by atoms with Crippen LogP contribution in [0.1, 0.15) is 50.0 Å². The Hall–Kier alpha value is -3.29. The van der Waals surface area contributed by atoms with E-state index in [2.05, 4.69) is 4.98 Å². The molecule has 2 aromatic carbocycles. The van der Waals surface area contributed by atoms with E-state index in [0.717, 1.165) is 11.3 Å². The summed E-state index contributed by atoms with van der Waals surface area (Å²) in [7, 11) is 0. The number of aryl methyl sites for hydroxylation is 1. The van der Waals surface area contributed by atoms with E-state index in [1.807, 2.05) is 0 Å². The van der Waals surface area contributed by atoms with Crippen molar-refractivity contribution in [2.45, 2.75) is 19.9 Å². The van der Waals surface area contributed by atoms with Crippen molar-refractivity contribution < 1.29 is 14.0 Å². The van der Waals surface area contributed by atoms with Crippen molar-refractivity contribution in [1.29, 1.82) is 0 Å². The smallest absolute Gasteiger partial charge is 0.297 e. The lowest BCUT2D eigenvalue weighted by atomic mass is 9.99. The molecule has 0 spiro atoms. The standard InChI is InChI=1S/C23H15ClN2O4S/c1-11-21(12(2)27)31-23(25-11)26-18(13-7-9-14(24)10-8-13)17-19(28)15-5-3-4-6-16(15)30-20(17)22(26)29/h3-10,18H,1-2H3/t18-/m1/s1. The van der Waals surface area contributed by atoms with Crippen molar-refractivity contribution in [2.75, 3.05) is 4.90 Å². The fourth-order valence-electron chi connectivity index (χ4n) is 3.89. The van der Waals surface area contributed by atoms with E-state index in [1.54, 1.807) is 55.5 Å². The van der Waals surface area contributed by atoms with E-state index in [0.29, 0.717) is 37.3 Å². The zero-order chi connectivity index (χ0) is 21.9. The molecule has 0 saturated carbocycles. The second kappa shape index (κ2) is 7.14. The van der Waals surface area contributed by atoms with Crippen LogP contribution in [0.5, 0.6) is 0 Å². The molecule has 1 aliphatic heterocycles. The van der Waals surface area contributed by atoms with Gasteiger partial charge in [-0.3, -0.25) is 19.3 Å². The minimum absolute atomic E-state index is 0.0131. The second-order valence-electron chi connectivity index (χ2n) is 7.27. The molecule has 4 aromatic rings. The van der Waals surface area contributed by atoms with Crippen LogP contribution in [0.4, 0.5) is 5.13 Å². The first-order chi connectivity index (χ1) is 14.9.